The predicted octanol–water partition coefficient (Wildman–Crippen LogP) is 2.93. The van der Waals surface area contributed by atoms with Gasteiger partial charge in [0.25, 0.3) is 5.91 Å². The summed E-state index contributed by atoms with van der Waals surface area (Å²) in [5.41, 5.74) is 1.56. The molecule has 0 spiro atoms. The third-order valence-electron chi connectivity index (χ3n) is 4.00. The maximum Gasteiger partial charge on any atom is 0.308 e. The van der Waals surface area contributed by atoms with Gasteiger partial charge in [0.15, 0.2) is 6.10 Å². The van der Waals surface area contributed by atoms with Gasteiger partial charge in [-0.1, -0.05) is 18.2 Å². The van der Waals surface area contributed by atoms with E-state index in [4.69, 9.17) is 10.00 Å². The van der Waals surface area contributed by atoms with Gasteiger partial charge < -0.3 is 15.4 Å². The van der Waals surface area contributed by atoms with Crippen molar-refractivity contribution in [2.24, 2.45) is 0 Å². The monoisotopic (exact) mass is 395 g/mol. The highest BCUT2D eigenvalue weighted by molar-refractivity contribution is 8.01. The van der Waals surface area contributed by atoms with Crippen LogP contribution in [0.25, 0.3) is 0 Å². The van der Waals surface area contributed by atoms with Crippen LogP contribution >= 0.6 is 11.8 Å². The summed E-state index contributed by atoms with van der Waals surface area (Å²) in [7, 11) is 0. The van der Waals surface area contributed by atoms with Crippen LogP contribution < -0.4 is 10.6 Å². The average Bonchev–Trinajstić information content (AvgIpc) is 2.68. The maximum absolute atomic E-state index is 12.2. The quantitative estimate of drug-likeness (QED) is 0.754. The van der Waals surface area contributed by atoms with Gasteiger partial charge in [-0.2, -0.15) is 5.26 Å². The van der Waals surface area contributed by atoms with Crippen LogP contribution in [0, 0.1) is 11.3 Å². The summed E-state index contributed by atoms with van der Waals surface area (Å²) in [6.45, 7) is 1.45. The number of amides is 2. The second-order valence-electron chi connectivity index (χ2n) is 6.11. The third-order valence-corrected chi connectivity index (χ3v) is 5.27. The minimum Gasteiger partial charge on any atom is -0.452 e. The van der Waals surface area contributed by atoms with Crippen molar-refractivity contribution in [1.29, 1.82) is 5.26 Å². The second kappa shape index (κ2) is 8.59. The van der Waals surface area contributed by atoms with Gasteiger partial charge in [-0.15, -0.1) is 11.8 Å². The molecule has 2 N–H and O–H groups in total. The highest BCUT2D eigenvalue weighted by atomic mass is 32.2. The molecule has 7 nitrogen and oxygen atoms in total. The number of carbonyl (C=O) groups excluding carboxylic acids is 3. The number of nitrogens with one attached hydrogen (secondary N) is 2. The molecule has 3 rings (SSSR count). The fourth-order valence-electron chi connectivity index (χ4n) is 2.59. The van der Waals surface area contributed by atoms with Gasteiger partial charge in [-0.25, -0.2) is 0 Å². The Labute approximate surface area is 166 Å². The number of hydrogen-bond acceptors (Lipinski definition) is 6. The first-order valence-electron chi connectivity index (χ1n) is 8.53. The third kappa shape index (κ3) is 4.69. The van der Waals surface area contributed by atoms with E-state index in [0.29, 0.717) is 11.3 Å². The van der Waals surface area contributed by atoms with Crippen LogP contribution in [-0.4, -0.2) is 29.1 Å². The molecule has 0 radical (unpaired) electrons. The van der Waals surface area contributed by atoms with E-state index in [9.17, 15) is 14.4 Å². The molecule has 2 atom stereocenters. The first-order valence-corrected chi connectivity index (χ1v) is 9.41. The lowest BCUT2D eigenvalue weighted by atomic mass is 10.2. The van der Waals surface area contributed by atoms with E-state index in [0.717, 1.165) is 10.6 Å². The number of fused-ring (bicyclic) bond motifs is 1. The molecule has 0 unspecified atom stereocenters. The number of benzene rings is 2. The lowest BCUT2D eigenvalue weighted by molar-refractivity contribution is -0.153. The molecule has 28 heavy (non-hydrogen) atoms. The van der Waals surface area contributed by atoms with Crippen molar-refractivity contribution in [2.45, 2.75) is 29.6 Å². The van der Waals surface area contributed by atoms with E-state index in [1.54, 1.807) is 24.3 Å². The molecule has 0 bridgehead atoms. The Kier molecular flexibility index (Phi) is 5.96. The molecule has 142 valence electrons. The number of nitriles is 1. The maximum atomic E-state index is 12.2. The van der Waals surface area contributed by atoms with Crippen LogP contribution in [0.5, 0.6) is 0 Å². The van der Waals surface area contributed by atoms with Gasteiger partial charge in [-0.3, -0.25) is 14.4 Å². The molecule has 2 amide bonds. The molecular weight excluding hydrogens is 378 g/mol. The number of rotatable bonds is 5. The summed E-state index contributed by atoms with van der Waals surface area (Å²) in [5.74, 6) is -1.43. The van der Waals surface area contributed by atoms with Crippen molar-refractivity contribution in [3.63, 3.8) is 0 Å². The number of para-hydroxylation sites is 1. The van der Waals surface area contributed by atoms with Gasteiger partial charge >= 0.3 is 5.97 Å². The minimum absolute atomic E-state index is 0.146. The Morgan fingerprint density at radius 3 is 2.86 bits per heavy atom. The summed E-state index contributed by atoms with van der Waals surface area (Å²) in [6.07, 6.45) is -1.19. The SMILES string of the molecule is C[C@H](OC(=O)C[C@@H]1Sc2ccccc2NC1=O)C(=O)Nc1cccc(C#N)c1. The fraction of sp³-hybridized carbons (Fsp3) is 0.200. The number of esters is 1. The Morgan fingerprint density at radius 2 is 2.07 bits per heavy atom. The Hall–Kier alpha value is -3.31. The zero-order chi connectivity index (χ0) is 20.1. The molecule has 0 saturated heterocycles. The molecular formula is C20H17N3O4S. The molecule has 1 aliphatic heterocycles. The highest BCUT2D eigenvalue weighted by Gasteiger charge is 2.30. The summed E-state index contributed by atoms with van der Waals surface area (Å²) < 4.78 is 5.17. The van der Waals surface area contributed by atoms with Gasteiger partial charge in [0, 0.05) is 10.6 Å². The zero-order valence-corrected chi connectivity index (χ0v) is 15.8. The van der Waals surface area contributed by atoms with Crippen LogP contribution in [0.15, 0.2) is 53.4 Å². The first-order chi connectivity index (χ1) is 13.5. The summed E-state index contributed by atoms with van der Waals surface area (Å²) in [4.78, 5) is 37.5. The predicted molar refractivity (Wildman–Crippen MR) is 105 cm³/mol. The van der Waals surface area contributed by atoms with E-state index in [1.165, 1.54) is 24.8 Å². The second-order valence-corrected chi connectivity index (χ2v) is 7.35. The minimum atomic E-state index is -1.04. The number of thioether (sulfide) groups is 1. The number of hydrogen-bond donors (Lipinski definition) is 2. The smallest absolute Gasteiger partial charge is 0.308 e. The number of ether oxygens (including phenoxy) is 1. The van der Waals surface area contributed by atoms with Crippen LogP contribution in [-0.2, 0) is 19.1 Å². The molecule has 1 aliphatic rings. The molecule has 0 saturated carbocycles. The average molecular weight is 395 g/mol. The van der Waals surface area contributed by atoms with E-state index in [2.05, 4.69) is 10.6 Å². The van der Waals surface area contributed by atoms with E-state index in [-0.39, 0.29) is 12.3 Å². The van der Waals surface area contributed by atoms with E-state index >= 15 is 0 Å². The first kappa shape index (κ1) is 19.5. The van der Waals surface area contributed by atoms with Gasteiger partial charge in [0.1, 0.15) is 0 Å². The highest BCUT2D eigenvalue weighted by Crippen LogP contribution is 2.36. The van der Waals surface area contributed by atoms with Crippen molar-refractivity contribution in [3.05, 3.63) is 54.1 Å². The van der Waals surface area contributed by atoms with Crippen molar-refractivity contribution >= 4 is 40.9 Å². The topological polar surface area (TPSA) is 108 Å². The lowest BCUT2D eigenvalue weighted by Crippen LogP contribution is -2.34. The Balaban J connectivity index is 1.55. The molecule has 0 fully saturated rings. The van der Waals surface area contributed by atoms with Crippen LogP contribution in [0.1, 0.15) is 18.9 Å². The van der Waals surface area contributed by atoms with Crippen LogP contribution in [0.4, 0.5) is 11.4 Å². The molecule has 0 aliphatic carbocycles. The number of nitrogens with zero attached hydrogens (tertiary/aromatic N) is 1. The summed E-state index contributed by atoms with van der Waals surface area (Å²) >= 11 is 1.29. The molecule has 2 aromatic carbocycles. The molecule has 8 heteroatoms. The molecule has 2 aromatic rings. The number of carbonyl (C=O) groups is 3. The molecule has 0 aromatic heterocycles. The van der Waals surface area contributed by atoms with Gasteiger partial charge in [0.2, 0.25) is 5.91 Å². The Morgan fingerprint density at radius 1 is 1.29 bits per heavy atom. The summed E-state index contributed by atoms with van der Waals surface area (Å²) in [6, 6.07) is 15.7. The van der Waals surface area contributed by atoms with Crippen LogP contribution in [0.2, 0.25) is 0 Å². The van der Waals surface area contributed by atoms with Crippen LogP contribution in [0.3, 0.4) is 0 Å². The normalized spacial score (nSPS) is 16.1. The Bertz CT molecular complexity index is 970. The van der Waals surface area contributed by atoms with E-state index in [1.807, 2.05) is 24.3 Å². The fourth-order valence-corrected chi connectivity index (χ4v) is 3.68. The van der Waals surface area contributed by atoms with E-state index < -0.39 is 23.2 Å². The van der Waals surface area contributed by atoms with Crippen molar-refractivity contribution in [2.75, 3.05) is 10.6 Å². The lowest BCUT2D eigenvalue weighted by Gasteiger charge is -2.23. The summed E-state index contributed by atoms with van der Waals surface area (Å²) in [5, 5.41) is 13.6. The van der Waals surface area contributed by atoms with Gasteiger partial charge in [0.05, 0.1) is 29.0 Å². The number of anilines is 2. The van der Waals surface area contributed by atoms with Crippen molar-refractivity contribution in [3.8, 4) is 6.07 Å². The van der Waals surface area contributed by atoms with Crippen molar-refractivity contribution in [1.82, 2.24) is 0 Å². The molecule has 1 heterocycles. The van der Waals surface area contributed by atoms with Crippen molar-refractivity contribution < 1.29 is 19.1 Å². The largest absolute Gasteiger partial charge is 0.452 e. The van der Waals surface area contributed by atoms with Gasteiger partial charge in [-0.05, 0) is 37.3 Å². The standard InChI is InChI=1S/C20H17N3O4S/c1-12(19(25)22-14-6-4-5-13(9-14)11-21)27-18(24)10-17-20(26)23-15-7-2-3-8-16(15)28-17/h2-9,12,17H,10H2,1H3,(H,22,25)(H,23,26)/t12-,17-/m0/s1. The zero-order valence-electron chi connectivity index (χ0n) is 15.0.